The molecule has 0 amide bonds. The van der Waals surface area contributed by atoms with Crippen LogP contribution in [0.2, 0.25) is 0 Å². The summed E-state index contributed by atoms with van der Waals surface area (Å²) in [6, 6.07) is 8.83. The molecule has 0 bridgehead atoms. The molecule has 1 aromatic carbocycles. The van der Waals surface area contributed by atoms with E-state index in [4.69, 9.17) is 4.74 Å². The molecule has 4 heteroatoms. The van der Waals surface area contributed by atoms with Crippen LogP contribution in [0.4, 0.5) is 0 Å². The van der Waals surface area contributed by atoms with Gasteiger partial charge < -0.3 is 10.1 Å². The van der Waals surface area contributed by atoms with Gasteiger partial charge in [-0.25, -0.2) is 4.98 Å². The Morgan fingerprint density at radius 1 is 1.18 bits per heavy atom. The average Bonchev–Trinajstić information content (AvgIpc) is 3.01. The van der Waals surface area contributed by atoms with Crippen molar-refractivity contribution in [3.63, 3.8) is 0 Å². The van der Waals surface area contributed by atoms with E-state index in [1.165, 1.54) is 37.7 Å². The van der Waals surface area contributed by atoms with Crippen molar-refractivity contribution in [2.45, 2.75) is 58.2 Å². The molecule has 0 atom stereocenters. The van der Waals surface area contributed by atoms with E-state index in [1.807, 2.05) is 12.1 Å². The average molecular weight is 316 g/mol. The highest BCUT2D eigenvalue weighted by molar-refractivity contribution is 7.09. The van der Waals surface area contributed by atoms with Gasteiger partial charge in [-0.2, -0.15) is 0 Å². The first-order chi connectivity index (χ1) is 10.8. The second kappa shape index (κ2) is 7.75. The van der Waals surface area contributed by atoms with Crippen molar-refractivity contribution in [2.75, 3.05) is 0 Å². The number of thiazole rings is 1. The van der Waals surface area contributed by atoms with Crippen LogP contribution in [0, 0.1) is 6.92 Å². The molecular weight excluding hydrogens is 292 g/mol. The molecule has 0 spiro atoms. The summed E-state index contributed by atoms with van der Waals surface area (Å²) in [6.07, 6.45) is 6.76. The first kappa shape index (κ1) is 15.5. The topological polar surface area (TPSA) is 34.1 Å². The summed E-state index contributed by atoms with van der Waals surface area (Å²) in [5, 5.41) is 6.82. The maximum atomic E-state index is 5.78. The third kappa shape index (κ3) is 4.55. The number of ether oxygens (including phenoxy) is 1. The molecule has 1 aliphatic carbocycles. The Labute approximate surface area is 136 Å². The van der Waals surface area contributed by atoms with Gasteiger partial charge in [0, 0.05) is 18.0 Å². The molecule has 1 aliphatic rings. The second-order valence-electron chi connectivity index (χ2n) is 6.05. The quantitative estimate of drug-likeness (QED) is 0.855. The normalized spacial score (nSPS) is 15.9. The van der Waals surface area contributed by atoms with Crippen molar-refractivity contribution in [3.8, 4) is 5.75 Å². The zero-order chi connectivity index (χ0) is 15.2. The maximum absolute atomic E-state index is 5.78. The fourth-order valence-corrected chi connectivity index (χ4v) is 3.54. The summed E-state index contributed by atoms with van der Waals surface area (Å²) in [5.41, 5.74) is 2.38. The minimum atomic E-state index is 0.553. The Morgan fingerprint density at radius 3 is 2.73 bits per heavy atom. The van der Waals surface area contributed by atoms with Gasteiger partial charge in [0.25, 0.3) is 0 Å². The van der Waals surface area contributed by atoms with Gasteiger partial charge in [0.2, 0.25) is 0 Å². The Hall–Kier alpha value is -1.39. The van der Waals surface area contributed by atoms with Gasteiger partial charge in [-0.05, 0) is 31.9 Å². The highest BCUT2D eigenvalue weighted by Crippen LogP contribution is 2.19. The standard InChI is InChI=1S/C18H24N2OS/c1-14-7-9-17(10-8-14)21-12-18-20-16(13-22-18)11-19-15-5-3-2-4-6-15/h7-10,13,15,19H,2-6,11-12H2,1H3. The molecule has 1 aromatic heterocycles. The van der Waals surface area contributed by atoms with Crippen LogP contribution in [0.1, 0.15) is 48.4 Å². The van der Waals surface area contributed by atoms with Gasteiger partial charge in [-0.3, -0.25) is 0 Å². The summed E-state index contributed by atoms with van der Waals surface area (Å²) in [7, 11) is 0. The summed E-state index contributed by atoms with van der Waals surface area (Å²) >= 11 is 1.68. The van der Waals surface area contributed by atoms with E-state index in [2.05, 4.69) is 34.7 Å². The first-order valence-electron chi connectivity index (χ1n) is 8.16. The Balaban J connectivity index is 1.45. The van der Waals surface area contributed by atoms with Crippen molar-refractivity contribution in [3.05, 3.63) is 45.9 Å². The lowest BCUT2D eigenvalue weighted by Gasteiger charge is -2.22. The lowest BCUT2D eigenvalue weighted by Crippen LogP contribution is -2.30. The van der Waals surface area contributed by atoms with E-state index in [0.29, 0.717) is 12.6 Å². The molecule has 22 heavy (non-hydrogen) atoms. The molecule has 0 radical (unpaired) electrons. The smallest absolute Gasteiger partial charge is 0.140 e. The first-order valence-corrected chi connectivity index (χ1v) is 9.04. The van der Waals surface area contributed by atoms with E-state index < -0.39 is 0 Å². The Kier molecular flexibility index (Phi) is 5.46. The van der Waals surface area contributed by atoms with Crippen molar-refractivity contribution in [2.24, 2.45) is 0 Å². The van der Waals surface area contributed by atoms with E-state index in [1.54, 1.807) is 11.3 Å². The van der Waals surface area contributed by atoms with Crippen LogP contribution in [-0.4, -0.2) is 11.0 Å². The van der Waals surface area contributed by atoms with Crippen LogP contribution in [0.5, 0.6) is 5.75 Å². The Morgan fingerprint density at radius 2 is 1.95 bits per heavy atom. The van der Waals surface area contributed by atoms with Gasteiger partial charge >= 0.3 is 0 Å². The number of benzene rings is 1. The number of nitrogens with zero attached hydrogens (tertiary/aromatic N) is 1. The molecule has 1 heterocycles. The Bertz CT molecular complexity index is 573. The lowest BCUT2D eigenvalue weighted by molar-refractivity contribution is 0.305. The third-order valence-electron chi connectivity index (χ3n) is 4.16. The van der Waals surface area contributed by atoms with Crippen LogP contribution in [0.3, 0.4) is 0 Å². The lowest BCUT2D eigenvalue weighted by atomic mass is 9.95. The predicted molar refractivity (Wildman–Crippen MR) is 91.3 cm³/mol. The molecule has 0 unspecified atom stereocenters. The summed E-state index contributed by atoms with van der Waals surface area (Å²) < 4.78 is 5.78. The number of aryl methyl sites for hydroxylation is 1. The zero-order valence-corrected chi connectivity index (χ0v) is 14.0. The zero-order valence-electron chi connectivity index (χ0n) is 13.2. The SMILES string of the molecule is Cc1ccc(OCc2nc(CNC3CCCCC3)cs2)cc1. The molecule has 1 fully saturated rings. The molecule has 0 saturated heterocycles. The fraction of sp³-hybridized carbons (Fsp3) is 0.500. The number of aromatic nitrogens is 1. The summed E-state index contributed by atoms with van der Waals surface area (Å²) in [6.45, 7) is 3.51. The molecule has 0 aliphatic heterocycles. The van der Waals surface area contributed by atoms with Gasteiger partial charge in [-0.15, -0.1) is 11.3 Å². The second-order valence-corrected chi connectivity index (χ2v) is 6.99. The van der Waals surface area contributed by atoms with Crippen LogP contribution in [-0.2, 0) is 13.2 Å². The molecule has 3 nitrogen and oxygen atoms in total. The van der Waals surface area contributed by atoms with Gasteiger partial charge in [0.05, 0.1) is 5.69 Å². The van der Waals surface area contributed by atoms with Crippen LogP contribution < -0.4 is 10.1 Å². The number of nitrogens with one attached hydrogen (secondary N) is 1. The number of rotatable bonds is 6. The largest absolute Gasteiger partial charge is 0.486 e. The predicted octanol–water partition coefficient (Wildman–Crippen LogP) is 4.45. The monoisotopic (exact) mass is 316 g/mol. The molecule has 1 saturated carbocycles. The molecule has 1 N–H and O–H groups in total. The summed E-state index contributed by atoms with van der Waals surface area (Å²) in [5.74, 6) is 0.905. The van der Waals surface area contributed by atoms with Crippen LogP contribution >= 0.6 is 11.3 Å². The van der Waals surface area contributed by atoms with E-state index in [-0.39, 0.29) is 0 Å². The number of hydrogen-bond acceptors (Lipinski definition) is 4. The van der Waals surface area contributed by atoms with Crippen molar-refractivity contribution < 1.29 is 4.74 Å². The van der Waals surface area contributed by atoms with Crippen molar-refractivity contribution >= 4 is 11.3 Å². The van der Waals surface area contributed by atoms with Gasteiger partial charge in [0.15, 0.2) is 0 Å². The van der Waals surface area contributed by atoms with E-state index in [0.717, 1.165) is 23.0 Å². The van der Waals surface area contributed by atoms with Crippen molar-refractivity contribution in [1.82, 2.24) is 10.3 Å². The van der Waals surface area contributed by atoms with Crippen molar-refractivity contribution in [1.29, 1.82) is 0 Å². The molecule has 3 rings (SSSR count). The number of hydrogen-bond donors (Lipinski definition) is 1. The molecular formula is C18H24N2OS. The minimum absolute atomic E-state index is 0.553. The third-order valence-corrected chi connectivity index (χ3v) is 5.03. The highest BCUT2D eigenvalue weighted by atomic mass is 32.1. The fourth-order valence-electron chi connectivity index (χ4n) is 2.83. The van der Waals surface area contributed by atoms with E-state index in [9.17, 15) is 0 Å². The van der Waals surface area contributed by atoms with Crippen LogP contribution in [0.25, 0.3) is 0 Å². The van der Waals surface area contributed by atoms with E-state index >= 15 is 0 Å². The minimum Gasteiger partial charge on any atom is -0.486 e. The van der Waals surface area contributed by atoms with Crippen LogP contribution in [0.15, 0.2) is 29.6 Å². The highest BCUT2D eigenvalue weighted by Gasteiger charge is 2.13. The molecule has 2 aromatic rings. The maximum Gasteiger partial charge on any atom is 0.140 e. The molecule has 118 valence electrons. The summed E-state index contributed by atoms with van der Waals surface area (Å²) in [4.78, 5) is 4.66. The van der Waals surface area contributed by atoms with Gasteiger partial charge in [0.1, 0.15) is 17.4 Å². The van der Waals surface area contributed by atoms with Gasteiger partial charge in [-0.1, -0.05) is 37.0 Å².